The van der Waals surface area contributed by atoms with Crippen LogP contribution in [0.4, 0.5) is 11.4 Å². The molecular weight excluding hydrogens is 951 g/mol. The van der Waals surface area contributed by atoms with E-state index in [1.807, 2.05) is 123 Å². The summed E-state index contributed by atoms with van der Waals surface area (Å²) in [6, 6.07) is 38.2. The van der Waals surface area contributed by atoms with Crippen LogP contribution in [-0.2, 0) is 83.7 Å². The zero-order valence-corrected chi connectivity index (χ0v) is 48.8. The van der Waals surface area contributed by atoms with Gasteiger partial charge in [-0.15, -0.1) is 36.4 Å². The predicted octanol–water partition coefficient (Wildman–Crippen LogP) is 13.4. The zero-order chi connectivity index (χ0) is 45.2. The van der Waals surface area contributed by atoms with Gasteiger partial charge in [0.2, 0.25) is 0 Å². The van der Waals surface area contributed by atoms with Gasteiger partial charge in [0, 0.05) is 130 Å². The topological polar surface area (TPSA) is 61.0 Å². The molecule has 4 rings (SSSR count). The van der Waals surface area contributed by atoms with Crippen molar-refractivity contribution in [3.05, 3.63) is 144 Å². The molecule has 0 unspecified atom stereocenters. The molecule has 2 N–H and O–H groups in total. The first kappa shape index (κ1) is 62.5. The second-order valence-electron chi connectivity index (χ2n) is 18.1. The summed E-state index contributed by atoms with van der Waals surface area (Å²) in [6.45, 7) is 30.3. The molecule has 0 heterocycles. The van der Waals surface area contributed by atoms with E-state index in [0.717, 1.165) is 60.1 Å². The maximum absolute atomic E-state index is 6.07. The number of nitrogens with one attached hydrogen (secondary N) is 2. The van der Waals surface area contributed by atoms with E-state index in [1.165, 1.54) is 0 Å². The Morgan fingerprint density at radius 2 is 0.871 bits per heavy atom. The summed E-state index contributed by atoms with van der Waals surface area (Å²) in [5, 5.41) is 6.78. The maximum atomic E-state index is 6.07. The third-order valence-corrected chi connectivity index (χ3v) is 19.6. The Balaban J connectivity index is 0. The minimum atomic E-state index is -1.55. The van der Waals surface area contributed by atoms with E-state index in [-0.39, 0.29) is 65.4 Å². The fourth-order valence-corrected chi connectivity index (χ4v) is 6.85. The standard InChI is InChI=1S/2C15H13N.2C11H26O2Si.2Y/c2*1-16-15-11-9-14(10-12-15)8-7-13-5-3-2-4-6-13;2*1-10(8-12-5)9-13-14(6,7)11(2,3)4;;/h2*2-5,7,9-12,16H,1H3;2*10H,8-9H2,1-7H3;;/q2*-2;;;;/t;;2*10-;;/m..10../s1. The molecule has 4 aromatic carbocycles. The number of hydrogen-bond donors (Lipinski definition) is 2. The van der Waals surface area contributed by atoms with Gasteiger partial charge in [-0.2, -0.15) is 71.8 Å². The molecule has 0 aliphatic rings. The third-order valence-electron chi connectivity index (χ3n) is 10.6. The van der Waals surface area contributed by atoms with Gasteiger partial charge in [0.15, 0.2) is 16.6 Å². The number of hydrogen-bond acceptors (Lipinski definition) is 6. The van der Waals surface area contributed by atoms with E-state index in [2.05, 4.69) is 116 Å². The van der Waals surface area contributed by atoms with Gasteiger partial charge >= 0.3 is 0 Å². The first-order chi connectivity index (χ1) is 28.2. The molecule has 0 saturated carbocycles. The van der Waals surface area contributed by atoms with Gasteiger partial charge in [0.05, 0.1) is 13.2 Å². The van der Waals surface area contributed by atoms with Crippen molar-refractivity contribution < 1.29 is 83.7 Å². The Bertz CT molecular complexity index is 1610. The van der Waals surface area contributed by atoms with Crippen LogP contribution in [0, 0.1) is 36.1 Å². The van der Waals surface area contributed by atoms with Crippen molar-refractivity contribution in [2.45, 2.75) is 91.7 Å². The van der Waals surface area contributed by atoms with E-state index < -0.39 is 16.6 Å². The molecule has 0 bridgehead atoms. The molecule has 0 saturated heterocycles. The minimum Gasteiger partial charge on any atom is -0.416 e. The van der Waals surface area contributed by atoms with Crippen LogP contribution in [0.15, 0.2) is 97.1 Å². The first-order valence-electron chi connectivity index (χ1n) is 21.1. The fourth-order valence-electron chi connectivity index (χ4n) is 4.58. The van der Waals surface area contributed by atoms with Gasteiger partial charge < -0.3 is 29.0 Å². The van der Waals surface area contributed by atoms with Crippen molar-refractivity contribution in [1.29, 1.82) is 0 Å². The second kappa shape index (κ2) is 33.0. The smallest absolute Gasteiger partial charge is 0.191 e. The van der Waals surface area contributed by atoms with Crippen LogP contribution >= 0.6 is 0 Å². The average Bonchev–Trinajstić information content (AvgIpc) is 3.22. The van der Waals surface area contributed by atoms with E-state index in [9.17, 15) is 0 Å². The van der Waals surface area contributed by atoms with Crippen molar-refractivity contribution in [1.82, 2.24) is 0 Å². The molecule has 0 amide bonds. The SMILES string of the molecule is CNc1ccc([C-]=Cc2[c-]cccc2)cc1.CNc1ccc([C-]=Cc2[c-]cccc2)cc1.COC[C@@H](C)CO[Si](C)(C)C(C)(C)C.COC[C@H](C)CO[Si](C)(C)C(C)(C)C.[Y].[Y]. The Morgan fingerprint density at radius 1 is 0.548 bits per heavy atom. The predicted molar refractivity (Wildman–Crippen MR) is 265 cm³/mol. The summed E-state index contributed by atoms with van der Waals surface area (Å²) in [7, 11) is 4.19. The molecule has 2 atom stereocenters. The monoisotopic (exact) mass is 1030 g/mol. The van der Waals surface area contributed by atoms with Crippen molar-refractivity contribution in [2.75, 3.05) is 65.4 Å². The molecule has 0 aliphatic heterocycles. The summed E-state index contributed by atoms with van der Waals surface area (Å²) >= 11 is 0. The third kappa shape index (κ3) is 27.0. The molecular formula is C52H78N2O4Si2Y2-4. The van der Waals surface area contributed by atoms with Crippen molar-refractivity contribution >= 4 is 40.2 Å². The maximum Gasteiger partial charge on any atom is 0.191 e. The van der Waals surface area contributed by atoms with Gasteiger partial charge in [-0.05, 0) is 36.3 Å². The van der Waals surface area contributed by atoms with E-state index in [0.29, 0.717) is 21.9 Å². The van der Waals surface area contributed by atoms with Crippen molar-refractivity contribution in [2.24, 2.45) is 11.8 Å². The van der Waals surface area contributed by atoms with E-state index >= 15 is 0 Å². The molecule has 338 valence electrons. The molecule has 0 aliphatic carbocycles. The van der Waals surface area contributed by atoms with Crippen LogP contribution in [0.5, 0.6) is 0 Å². The second-order valence-corrected chi connectivity index (χ2v) is 27.8. The molecule has 0 aromatic heterocycles. The first-order valence-corrected chi connectivity index (χ1v) is 26.9. The van der Waals surface area contributed by atoms with Crippen molar-refractivity contribution in [3.8, 4) is 0 Å². The Morgan fingerprint density at radius 3 is 1.11 bits per heavy atom. The largest absolute Gasteiger partial charge is 0.416 e. The van der Waals surface area contributed by atoms with Gasteiger partial charge in [-0.3, -0.25) is 0 Å². The number of ether oxygens (including phenoxy) is 2. The van der Waals surface area contributed by atoms with Crippen LogP contribution in [0.2, 0.25) is 36.3 Å². The summed E-state index contributed by atoms with van der Waals surface area (Å²) in [5.74, 6) is 0.989. The number of anilines is 2. The molecule has 0 fully saturated rings. The van der Waals surface area contributed by atoms with Gasteiger partial charge in [0.25, 0.3) is 0 Å². The summed E-state index contributed by atoms with van der Waals surface area (Å²) < 4.78 is 22.3. The molecule has 62 heavy (non-hydrogen) atoms. The molecule has 4 aromatic rings. The van der Waals surface area contributed by atoms with Crippen LogP contribution in [0.25, 0.3) is 12.2 Å². The normalized spacial score (nSPS) is 12.5. The van der Waals surface area contributed by atoms with Gasteiger partial charge in [-0.1, -0.05) is 79.7 Å². The van der Waals surface area contributed by atoms with Crippen LogP contribution in [0.1, 0.15) is 77.6 Å². The van der Waals surface area contributed by atoms with E-state index in [4.69, 9.17) is 18.3 Å². The minimum absolute atomic E-state index is 0. The quantitative estimate of drug-likeness (QED) is 0.0662. The number of rotatable bonds is 16. The zero-order valence-electron chi connectivity index (χ0n) is 41.2. The Hall–Kier alpha value is -1.56. The molecule has 2 radical (unpaired) electrons. The van der Waals surface area contributed by atoms with E-state index in [1.54, 1.807) is 14.2 Å². The molecule has 6 nitrogen and oxygen atoms in total. The van der Waals surface area contributed by atoms with Gasteiger partial charge in [0.1, 0.15) is 0 Å². The van der Waals surface area contributed by atoms with Crippen LogP contribution in [-0.4, -0.2) is 71.4 Å². The Kier molecular flexibility index (Phi) is 33.3. The summed E-state index contributed by atoms with van der Waals surface area (Å²) in [6.07, 6.45) is 10.3. The number of benzene rings is 4. The van der Waals surface area contributed by atoms with Crippen LogP contribution < -0.4 is 10.6 Å². The Labute approximate surface area is 432 Å². The fraction of sp³-hybridized carbons (Fsp3) is 0.462. The van der Waals surface area contributed by atoms with Crippen LogP contribution in [0.3, 0.4) is 0 Å². The summed E-state index contributed by atoms with van der Waals surface area (Å²) in [5.41, 5.74) is 6.43. The summed E-state index contributed by atoms with van der Waals surface area (Å²) in [4.78, 5) is 0. The van der Waals surface area contributed by atoms with Gasteiger partial charge in [-0.25, -0.2) is 23.3 Å². The average molecular weight is 1030 g/mol. The molecule has 0 spiro atoms. The molecule has 10 heteroatoms. The van der Waals surface area contributed by atoms with Crippen molar-refractivity contribution in [3.63, 3.8) is 0 Å². The number of methoxy groups -OCH3 is 2.